The topological polar surface area (TPSA) is 56.0 Å². The Morgan fingerprint density at radius 3 is 3.20 bits per heavy atom. The molecule has 0 radical (unpaired) electrons. The van der Waals surface area contributed by atoms with E-state index in [-0.39, 0.29) is 0 Å². The summed E-state index contributed by atoms with van der Waals surface area (Å²) in [5.41, 5.74) is 1.74. The summed E-state index contributed by atoms with van der Waals surface area (Å²) in [6.07, 6.45) is 1.67. The minimum absolute atomic E-state index is 0.711. The number of aryl methyl sites for hydroxylation is 1. The first kappa shape index (κ1) is 5.28. The molecule has 0 aliphatic rings. The van der Waals surface area contributed by atoms with Crippen LogP contribution in [0.1, 0.15) is 5.56 Å². The zero-order chi connectivity index (χ0) is 6.97. The van der Waals surface area contributed by atoms with E-state index in [2.05, 4.69) is 20.6 Å². The van der Waals surface area contributed by atoms with Gasteiger partial charge in [-0.25, -0.2) is 0 Å². The van der Waals surface area contributed by atoms with Crippen LogP contribution in [-0.4, -0.2) is 25.3 Å². The summed E-state index contributed by atoms with van der Waals surface area (Å²) in [5.74, 6) is 0. The fourth-order valence-corrected chi connectivity index (χ4v) is 0.780. The fourth-order valence-electron chi connectivity index (χ4n) is 0.780. The highest BCUT2D eigenvalue weighted by molar-refractivity contribution is 5.41. The van der Waals surface area contributed by atoms with E-state index in [0.717, 1.165) is 5.56 Å². The van der Waals surface area contributed by atoms with Crippen LogP contribution in [0.25, 0.3) is 5.65 Å². The molecule has 0 aliphatic carbocycles. The summed E-state index contributed by atoms with van der Waals surface area (Å²) in [6.45, 7) is 1.94. The van der Waals surface area contributed by atoms with Gasteiger partial charge in [-0.2, -0.15) is 5.10 Å². The molecule has 0 atom stereocenters. The molecule has 0 aliphatic heterocycles. The van der Waals surface area contributed by atoms with Crippen molar-refractivity contribution in [1.82, 2.24) is 25.3 Å². The molecule has 2 heterocycles. The lowest BCUT2D eigenvalue weighted by atomic mass is 10.3. The number of aromatic nitrogens is 5. The third-order valence-electron chi connectivity index (χ3n) is 1.31. The van der Waals surface area contributed by atoms with Crippen LogP contribution in [-0.2, 0) is 0 Å². The van der Waals surface area contributed by atoms with Gasteiger partial charge < -0.3 is 0 Å². The number of hydrogen-bond acceptors (Lipinski definition) is 4. The van der Waals surface area contributed by atoms with Gasteiger partial charge in [0.2, 0.25) is 5.65 Å². The molecule has 0 N–H and O–H groups in total. The van der Waals surface area contributed by atoms with Crippen molar-refractivity contribution >= 4 is 5.65 Å². The van der Waals surface area contributed by atoms with E-state index < -0.39 is 0 Å². The molecule has 5 heteroatoms. The molecule has 0 saturated carbocycles. The van der Waals surface area contributed by atoms with E-state index in [1.807, 2.05) is 13.0 Å². The third-order valence-corrected chi connectivity index (χ3v) is 1.31. The molecule has 0 amide bonds. The van der Waals surface area contributed by atoms with E-state index in [1.165, 1.54) is 4.63 Å². The lowest BCUT2D eigenvalue weighted by Gasteiger charge is -1.89. The Hall–Kier alpha value is -1.52. The highest BCUT2D eigenvalue weighted by Crippen LogP contribution is 1.99. The van der Waals surface area contributed by atoms with Crippen molar-refractivity contribution in [3.05, 3.63) is 17.8 Å². The summed E-state index contributed by atoms with van der Waals surface area (Å²) in [5, 5.41) is 14.7. The summed E-state index contributed by atoms with van der Waals surface area (Å²) < 4.78 is 1.40. The van der Waals surface area contributed by atoms with Gasteiger partial charge in [-0.05, 0) is 29.0 Å². The van der Waals surface area contributed by atoms with Crippen molar-refractivity contribution in [2.75, 3.05) is 0 Å². The van der Waals surface area contributed by atoms with Crippen LogP contribution in [0.5, 0.6) is 0 Å². The number of tetrazole rings is 1. The molecular formula is C5H5N5. The van der Waals surface area contributed by atoms with Gasteiger partial charge in [0.1, 0.15) is 0 Å². The van der Waals surface area contributed by atoms with E-state index >= 15 is 0 Å². The number of nitrogens with zero attached hydrogens (tertiary/aromatic N) is 5. The first-order chi connectivity index (χ1) is 4.88. The predicted octanol–water partition coefficient (Wildman–Crippen LogP) is -0.172. The van der Waals surface area contributed by atoms with Gasteiger partial charge in [0.25, 0.3) is 0 Å². The Morgan fingerprint density at radius 2 is 2.40 bits per heavy atom. The molecule has 50 valence electrons. The monoisotopic (exact) mass is 135 g/mol. The highest BCUT2D eigenvalue weighted by atomic mass is 15.6. The standard InChI is InChI=1S/C5H5N5/c1-4-2-3-6-10-5(4)7-8-9-10/h2-3H,1H3. The van der Waals surface area contributed by atoms with Gasteiger partial charge in [-0.3, -0.25) is 0 Å². The molecule has 0 unspecified atom stereocenters. The Bertz CT molecular complexity index is 352. The molecule has 2 rings (SSSR count). The average molecular weight is 135 g/mol. The van der Waals surface area contributed by atoms with E-state index in [1.54, 1.807) is 6.20 Å². The zero-order valence-electron chi connectivity index (χ0n) is 5.39. The molecule has 0 saturated heterocycles. The number of hydrogen-bond donors (Lipinski definition) is 0. The van der Waals surface area contributed by atoms with Gasteiger partial charge in [0, 0.05) is 0 Å². The van der Waals surface area contributed by atoms with Crippen LogP contribution in [0, 0.1) is 6.92 Å². The molecule has 5 nitrogen and oxygen atoms in total. The second-order valence-electron chi connectivity index (χ2n) is 2.01. The maximum atomic E-state index is 3.88. The molecule has 2 aromatic rings. The Balaban J connectivity index is 2.95. The maximum absolute atomic E-state index is 3.88. The van der Waals surface area contributed by atoms with Gasteiger partial charge in [0.05, 0.1) is 6.20 Å². The van der Waals surface area contributed by atoms with Crippen LogP contribution in [0.3, 0.4) is 0 Å². The van der Waals surface area contributed by atoms with Crippen molar-refractivity contribution in [2.24, 2.45) is 0 Å². The summed E-state index contributed by atoms with van der Waals surface area (Å²) in [4.78, 5) is 0. The van der Waals surface area contributed by atoms with Crippen molar-refractivity contribution < 1.29 is 0 Å². The van der Waals surface area contributed by atoms with Gasteiger partial charge in [0.15, 0.2) is 0 Å². The van der Waals surface area contributed by atoms with Crippen LogP contribution in [0.15, 0.2) is 12.3 Å². The lowest BCUT2D eigenvalue weighted by Crippen LogP contribution is -1.93. The van der Waals surface area contributed by atoms with Crippen molar-refractivity contribution in [3.63, 3.8) is 0 Å². The van der Waals surface area contributed by atoms with E-state index in [4.69, 9.17) is 0 Å². The highest BCUT2D eigenvalue weighted by Gasteiger charge is 1.97. The number of fused-ring (bicyclic) bond motifs is 1. The Kier molecular flexibility index (Phi) is 0.913. The van der Waals surface area contributed by atoms with Crippen molar-refractivity contribution in [1.29, 1.82) is 0 Å². The first-order valence-electron chi connectivity index (χ1n) is 2.88. The largest absolute Gasteiger partial charge is 0.202 e. The Morgan fingerprint density at radius 1 is 1.50 bits per heavy atom. The smallest absolute Gasteiger partial charge is 0.155 e. The van der Waals surface area contributed by atoms with Crippen LogP contribution >= 0.6 is 0 Å². The summed E-state index contributed by atoms with van der Waals surface area (Å²) in [7, 11) is 0. The molecule has 0 fully saturated rings. The van der Waals surface area contributed by atoms with Crippen molar-refractivity contribution in [3.8, 4) is 0 Å². The van der Waals surface area contributed by atoms with E-state index in [9.17, 15) is 0 Å². The summed E-state index contributed by atoms with van der Waals surface area (Å²) in [6, 6.07) is 1.87. The zero-order valence-corrected chi connectivity index (χ0v) is 5.39. The molecule has 0 spiro atoms. The third kappa shape index (κ3) is 0.570. The minimum Gasteiger partial charge on any atom is -0.155 e. The van der Waals surface area contributed by atoms with E-state index in [0.29, 0.717) is 5.65 Å². The SMILES string of the molecule is Cc1ccnn2nnnc12. The van der Waals surface area contributed by atoms with Crippen LogP contribution < -0.4 is 0 Å². The normalized spacial score (nSPS) is 10.5. The summed E-state index contributed by atoms with van der Waals surface area (Å²) >= 11 is 0. The van der Waals surface area contributed by atoms with Gasteiger partial charge in [-0.15, -0.1) is 9.73 Å². The number of rotatable bonds is 0. The minimum atomic E-state index is 0.711. The predicted molar refractivity (Wildman–Crippen MR) is 33.3 cm³/mol. The van der Waals surface area contributed by atoms with Crippen LogP contribution in [0.2, 0.25) is 0 Å². The molecule has 2 aromatic heterocycles. The lowest BCUT2D eigenvalue weighted by molar-refractivity contribution is 0.731. The maximum Gasteiger partial charge on any atom is 0.202 e. The first-order valence-corrected chi connectivity index (χ1v) is 2.88. The van der Waals surface area contributed by atoms with Crippen molar-refractivity contribution in [2.45, 2.75) is 6.92 Å². The molecule has 0 aromatic carbocycles. The van der Waals surface area contributed by atoms with Crippen LogP contribution in [0.4, 0.5) is 0 Å². The van der Waals surface area contributed by atoms with Gasteiger partial charge in [-0.1, -0.05) is 0 Å². The molecular weight excluding hydrogens is 130 g/mol. The quantitative estimate of drug-likeness (QED) is 0.503. The molecule has 10 heavy (non-hydrogen) atoms. The second kappa shape index (κ2) is 1.73. The molecule has 0 bridgehead atoms. The fraction of sp³-hybridized carbons (Fsp3) is 0.200. The second-order valence-corrected chi connectivity index (χ2v) is 2.01. The average Bonchev–Trinajstić information content (AvgIpc) is 2.36. The Labute approximate surface area is 56.7 Å². The van der Waals surface area contributed by atoms with Gasteiger partial charge >= 0.3 is 0 Å².